The number of non-ortho nitro benzene ring substituents is 1. The average Bonchev–Trinajstić information content (AvgIpc) is 2.86. The number of nitro groups is 1. The van der Waals surface area contributed by atoms with Crippen LogP contribution in [0, 0.1) is 10.1 Å². The van der Waals surface area contributed by atoms with Crippen LogP contribution in [0.4, 0.5) is 5.69 Å². The van der Waals surface area contributed by atoms with E-state index in [0.717, 1.165) is 13.0 Å². The lowest BCUT2D eigenvalue weighted by molar-refractivity contribution is -0.384. The Morgan fingerprint density at radius 2 is 1.88 bits per heavy atom. The highest BCUT2D eigenvalue weighted by Crippen LogP contribution is 2.17. The number of ether oxygens (including phenoxy) is 2. The molecule has 1 heterocycles. The van der Waals surface area contributed by atoms with E-state index in [1.165, 1.54) is 24.3 Å². The predicted molar refractivity (Wildman–Crippen MR) is 92.9 cm³/mol. The molecular formula is C17H23N3O6. The molecule has 0 aromatic heterocycles. The zero-order valence-electron chi connectivity index (χ0n) is 14.8. The van der Waals surface area contributed by atoms with Crippen LogP contribution < -0.4 is 4.74 Å². The third kappa shape index (κ3) is 5.99. The lowest BCUT2D eigenvalue weighted by Crippen LogP contribution is -2.39. The molecule has 1 aliphatic rings. The zero-order valence-corrected chi connectivity index (χ0v) is 14.8. The summed E-state index contributed by atoms with van der Waals surface area (Å²) in [5.74, 6) is -0.00201. The Labute approximate surface area is 151 Å². The fourth-order valence-corrected chi connectivity index (χ4v) is 2.67. The van der Waals surface area contributed by atoms with Gasteiger partial charge >= 0.3 is 5.97 Å². The number of hydrogen-bond donors (Lipinski definition) is 0. The Morgan fingerprint density at radius 1 is 1.15 bits per heavy atom. The molecule has 1 aromatic carbocycles. The van der Waals surface area contributed by atoms with Gasteiger partial charge in [-0.05, 0) is 25.5 Å². The lowest BCUT2D eigenvalue weighted by atomic mass is 10.3. The summed E-state index contributed by atoms with van der Waals surface area (Å²) in [6.07, 6.45) is 0.767. The second-order valence-electron chi connectivity index (χ2n) is 5.86. The number of rotatable bonds is 7. The molecule has 0 radical (unpaired) electrons. The standard InChI is InChI=1S/C17H23N3O6/c1-2-25-17(22)12-18-8-3-9-19(11-10-18)16(21)13-26-15-6-4-14(5-7-15)20(23)24/h4-7H,2-3,8-13H2,1H3. The van der Waals surface area contributed by atoms with Gasteiger partial charge in [0.2, 0.25) is 0 Å². The maximum atomic E-state index is 12.3. The van der Waals surface area contributed by atoms with Gasteiger partial charge in [0.05, 0.1) is 18.1 Å². The highest BCUT2D eigenvalue weighted by atomic mass is 16.6. The highest BCUT2D eigenvalue weighted by molar-refractivity contribution is 5.77. The van der Waals surface area contributed by atoms with E-state index in [-0.39, 0.29) is 30.7 Å². The smallest absolute Gasteiger partial charge is 0.320 e. The Bertz CT molecular complexity index is 634. The fraction of sp³-hybridized carbons (Fsp3) is 0.529. The first-order valence-electron chi connectivity index (χ1n) is 8.52. The molecule has 1 aromatic rings. The summed E-state index contributed by atoms with van der Waals surface area (Å²) in [4.78, 5) is 37.7. The molecule has 1 saturated heterocycles. The van der Waals surface area contributed by atoms with Crippen LogP contribution in [0.3, 0.4) is 0 Å². The summed E-state index contributed by atoms with van der Waals surface area (Å²) in [6, 6.07) is 5.60. The van der Waals surface area contributed by atoms with Crippen LogP contribution in [0.25, 0.3) is 0 Å². The summed E-state index contributed by atoms with van der Waals surface area (Å²) in [7, 11) is 0. The van der Waals surface area contributed by atoms with Crippen molar-refractivity contribution in [3.8, 4) is 5.75 Å². The van der Waals surface area contributed by atoms with Gasteiger partial charge < -0.3 is 14.4 Å². The SMILES string of the molecule is CCOC(=O)CN1CCCN(C(=O)COc2ccc([N+](=O)[O-])cc2)CC1. The second kappa shape index (κ2) is 9.71. The van der Waals surface area contributed by atoms with E-state index in [2.05, 4.69) is 0 Å². The van der Waals surface area contributed by atoms with Crippen molar-refractivity contribution in [3.05, 3.63) is 34.4 Å². The van der Waals surface area contributed by atoms with Gasteiger partial charge in [0.15, 0.2) is 6.61 Å². The van der Waals surface area contributed by atoms with Crippen molar-refractivity contribution in [1.29, 1.82) is 0 Å². The monoisotopic (exact) mass is 365 g/mol. The third-order valence-corrected chi connectivity index (χ3v) is 4.01. The number of esters is 1. The van der Waals surface area contributed by atoms with Crippen LogP contribution >= 0.6 is 0 Å². The average molecular weight is 365 g/mol. The van der Waals surface area contributed by atoms with Crippen LogP contribution in [0.1, 0.15) is 13.3 Å². The van der Waals surface area contributed by atoms with Gasteiger partial charge in [-0.25, -0.2) is 0 Å². The first-order chi connectivity index (χ1) is 12.5. The molecule has 142 valence electrons. The highest BCUT2D eigenvalue weighted by Gasteiger charge is 2.21. The molecule has 1 amide bonds. The lowest BCUT2D eigenvalue weighted by Gasteiger charge is -2.21. The minimum absolute atomic E-state index is 0.0297. The molecule has 9 heteroatoms. The topological polar surface area (TPSA) is 102 Å². The van der Waals surface area contributed by atoms with Gasteiger partial charge in [-0.2, -0.15) is 0 Å². The third-order valence-electron chi connectivity index (χ3n) is 4.01. The zero-order chi connectivity index (χ0) is 18.9. The van der Waals surface area contributed by atoms with Gasteiger partial charge in [0, 0.05) is 38.3 Å². The molecule has 0 aliphatic carbocycles. The molecule has 1 aliphatic heterocycles. The van der Waals surface area contributed by atoms with Crippen LogP contribution in [0.15, 0.2) is 24.3 Å². The fourth-order valence-electron chi connectivity index (χ4n) is 2.67. The number of nitro benzene ring substituents is 1. The normalized spacial score (nSPS) is 15.2. The molecule has 9 nitrogen and oxygen atoms in total. The van der Waals surface area contributed by atoms with E-state index >= 15 is 0 Å². The molecule has 0 spiro atoms. The number of amides is 1. The summed E-state index contributed by atoms with van der Waals surface area (Å²) in [5.41, 5.74) is -0.0297. The molecule has 0 N–H and O–H groups in total. The van der Waals surface area contributed by atoms with Crippen LogP contribution in [-0.4, -0.2) is 72.5 Å². The largest absolute Gasteiger partial charge is 0.484 e. The predicted octanol–water partition coefficient (Wildman–Crippen LogP) is 1.07. The quantitative estimate of drug-likeness (QED) is 0.404. The summed E-state index contributed by atoms with van der Waals surface area (Å²) >= 11 is 0. The molecule has 0 unspecified atom stereocenters. The van der Waals surface area contributed by atoms with Crippen LogP contribution in [0.5, 0.6) is 5.75 Å². The molecule has 0 atom stereocenters. The number of hydrogen-bond acceptors (Lipinski definition) is 7. The van der Waals surface area contributed by atoms with E-state index in [1.807, 2.05) is 4.90 Å². The second-order valence-corrected chi connectivity index (χ2v) is 5.86. The van der Waals surface area contributed by atoms with Gasteiger partial charge in [-0.15, -0.1) is 0 Å². The van der Waals surface area contributed by atoms with Crippen molar-refractivity contribution in [2.24, 2.45) is 0 Å². The van der Waals surface area contributed by atoms with E-state index in [0.29, 0.717) is 32.0 Å². The van der Waals surface area contributed by atoms with E-state index in [9.17, 15) is 19.7 Å². The van der Waals surface area contributed by atoms with E-state index < -0.39 is 4.92 Å². The minimum Gasteiger partial charge on any atom is -0.484 e. The van der Waals surface area contributed by atoms with Crippen LogP contribution in [-0.2, 0) is 14.3 Å². The van der Waals surface area contributed by atoms with Gasteiger partial charge in [-0.3, -0.25) is 24.6 Å². The van der Waals surface area contributed by atoms with Crippen molar-refractivity contribution in [3.63, 3.8) is 0 Å². The van der Waals surface area contributed by atoms with Crippen molar-refractivity contribution in [1.82, 2.24) is 9.80 Å². The van der Waals surface area contributed by atoms with Gasteiger partial charge in [0.1, 0.15) is 5.75 Å². The Balaban J connectivity index is 1.78. The number of carbonyl (C=O) groups excluding carboxylic acids is 2. The Hall–Kier alpha value is -2.68. The summed E-state index contributed by atoms with van der Waals surface area (Å²) in [6.45, 7) is 4.67. The van der Waals surface area contributed by atoms with Gasteiger partial charge in [0.25, 0.3) is 11.6 Å². The Kier molecular flexibility index (Phi) is 7.34. The first kappa shape index (κ1) is 19.6. The molecule has 26 heavy (non-hydrogen) atoms. The number of benzene rings is 1. The molecule has 0 bridgehead atoms. The van der Waals surface area contributed by atoms with Crippen molar-refractivity contribution in [2.75, 3.05) is 45.9 Å². The molecule has 1 fully saturated rings. The molecule has 0 saturated carbocycles. The number of carbonyl (C=O) groups is 2. The first-order valence-corrected chi connectivity index (χ1v) is 8.52. The molecule has 2 rings (SSSR count). The van der Waals surface area contributed by atoms with Crippen LogP contribution in [0.2, 0.25) is 0 Å². The van der Waals surface area contributed by atoms with Crippen molar-refractivity contribution in [2.45, 2.75) is 13.3 Å². The summed E-state index contributed by atoms with van der Waals surface area (Å²) in [5, 5.41) is 10.6. The summed E-state index contributed by atoms with van der Waals surface area (Å²) < 4.78 is 10.4. The van der Waals surface area contributed by atoms with E-state index in [4.69, 9.17) is 9.47 Å². The maximum absolute atomic E-state index is 12.3. The van der Waals surface area contributed by atoms with Crippen molar-refractivity contribution < 1.29 is 24.0 Å². The molecular weight excluding hydrogens is 342 g/mol. The maximum Gasteiger partial charge on any atom is 0.320 e. The minimum atomic E-state index is -0.492. The van der Waals surface area contributed by atoms with Crippen molar-refractivity contribution >= 4 is 17.6 Å². The van der Waals surface area contributed by atoms with Gasteiger partial charge in [-0.1, -0.05) is 0 Å². The Morgan fingerprint density at radius 3 is 2.54 bits per heavy atom. The van der Waals surface area contributed by atoms with E-state index in [1.54, 1.807) is 11.8 Å². The number of nitrogens with zero attached hydrogens (tertiary/aromatic N) is 3.